The van der Waals surface area contributed by atoms with Gasteiger partial charge in [-0.25, -0.2) is 15.0 Å². The highest BCUT2D eigenvalue weighted by Gasteiger charge is 2.05. The van der Waals surface area contributed by atoms with Gasteiger partial charge in [-0.1, -0.05) is 37.6 Å². The van der Waals surface area contributed by atoms with Gasteiger partial charge in [0.05, 0.1) is 12.0 Å². The highest BCUT2D eigenvalue weighted by Crippen LogP contribution is 2.15. The Bertz CT molecular complexity index is 805. The zero-order chi connectivity index (χ0) is 17.6. The topological polar surface area (TPSA) is 55.6 Å². The second kappa shape index (κ2) is 8.03. The van der Waals surface area contributed by atoms with Gasteiger partial charge in [-0.3, -0.25) is 0 Å². The zero-order valence-electron chi connectivity index (χ0n) is 15.1. The van der Waals surface area contributed by atoms with E-state index < -0.39 is 0 Å². The molecule has 25 heavy (non-hydrogen) atoms. The summed E-state index contributed by atoms with van der Waals surface area (Å²) in [6.45, 7) is 9.01. The maximum absolute atomic E-state index is 4.49. The number of hydrogen-bond acceptors (Lipinski definition) is 4. The molecule has 5 nitrogen and oxygen atoms in total. The van der Waals surface area contributed by atoms with Crippen molar-refractivity contribution in [1.29, 1.82) is 0 Å². The minimum atomic E-state index is 0.607. The molecule has 0 saturated carbocycles. The average molecular weight is 335 g/mol. The Morgan fingerprint density at radius 3 is 2.60 bits per heavy atom. The van der Waals surface area contributed by atoms with Crippen LogP contribution >= 0.6 is 0 Å². The Kier molecular flexibility index (Phi) is 5.56. The van der Waals surface area contributed by atoms with Crippen LogP contribution < -0.4 is 5.32 Å². The Labute approximate surface area is 149 Å². The van der Waals surface area contributed by atoms with E-state index >= 15 is 0 Å². The minimum absolute atomic E-state index is 0.607. The van der Waals surface area contributed by atoms with Crippen molar-refractivity contribution in [3.05, 3.63) is 66.0 Å². The first-order chi connectivity index (χ1) is 12.1. The lowest BCUT2D eigenvalue weighted by Crippen LogP contribution is -2.17. The van der Waals surface area contributed by atoms with Crippen molar-refractivity contribution in [2.75, 3.05) is 0 Å². The van der Waals surface area contributed by atoms with E-state index in [2.05, 4.69) is 57.7 Å². The van der Waals surface area contributed by atoms with E-state index in [-0.39, 0.29) is 0 Å². The number of imidazole rings is 1. The Hall–Kier alpha value is -2.53. The van der Waals surface area contributed by atoms with Gasteiger partial charge in [0.2, 0.25) is 0 Å². The van der Waals surface area contributed by atoms with Gasteiger partial charge >= 0.3 is 0 Å². The molecular weight excluding hydrogens is 310 g/mol. The van der Waals surface area contributed by atoms with E-state index in [0.29, 0.717) is 5.92 Å². The van der Waals surface area contributed by atoms with Gasteiger partial charge in [0, 0.05) is 49.4 Å². The van der Waals surface area contributed by atoms with E-state index in [4.69, 9.17) is 0 Å². The van der Waals surface area contributed by atoms with Crippen LogP contribution in [0.15, 0.2) is 49.2 Å². The van der Waals surface area contributed by atoms with Crippen LogP contribution in [0.4, 0.5) is 0 Å². The van der Waals surface area contributed by atoms with E-state index in [1.165, 1.54) is 11.3 Å². The summed E-state index contributed by atoms with van der Waals surface area (Å²) in [4.78, 5) is 13.2. The van der Waals surface area contributed by atoms with Gasteiger partial charge in [0.1, 0.15) is 0 Å². The molecule has 1 aromatic carbocycles. The molecule has 1 N–H and O–H groups in total. The number of aryl methyl sites for hydroxylation is 1. The van der Waals surface area contributed by atoms with Crippen molar-refractivity contribution in [3.63, 3.8) is 0 Å². The van der Waals surface area contributed by atoms with Gasteiger partial charge in [-0.2, -0.15) is 0 Å². The van der Waals surface area contributed by atoms with Gasteiger partial charge in [0.15, 0.2) is 5.82 Å². The Morgan fingerprint density at radius 2 is 1.88 bits per heavy atom. The van der Waals surface area contributed by atoms with Crippen molar-refractivity contribution in [1.82, 2.24) is 24.8 Å². The number of nitrogens with zero attached hydrogens (tertiary/aromatic N) is 4. The lowest BCUT2D eigenvalue weighted by atomic mass is 10.1. The van der Waals surface area contributed by atoms with Crippen LogP contribution in [0.25, 0.3) is 11.4 Å². The molecule has 2 heterocycles. The Balaban J connectivity index is 1.57. The van der Waals surface area contributed by atoms with E-state index in [1.807, 2.05) is 37.1 Å². The van der Waals surface area contributed by atoms with E-state index in [0.717, 1.165) is 36.6 Å². The molecule has 0 atom stereocenters. The quantitative estimate of drug-likeness (QED) is 0.717. The third-order valence-corrected chi connectivity index (χ3v) is 3.98. The van der Waals surface area contributed by atoms with Gasteiger partial charge in [-0.05, 0) is 18.9 Å². The monoisotopic (exact) mass is 335 g/mol. The SMILES string of the molecule is Cc1cccc(-c2ncc(CNCc3cncn3CC(C)C)cn2)c1. The third kappa shape index (κ3) is 4.73. The molecule has 130 valence electrons. The molecule has 0 fully saturated rings. The molecule has 0 aliphatic heterocycles. The summed E-state index contributed by atoms with van der Waals surface area (Å²) >= 11 is 0. The Morgan fingerprint density at radius 1 is 1.08 bits per heavy atom. The van der Waals surface area contributed by atoms with Crippen LogP contribution in [0, 0.1) is 12.8 Å². The molecule has 0 saturated heterocycles. The van der Waals surface area contributed by atoms with E-state index in [1.54, 1.807) is 0 Å². The molecule has 0 aliphatic carbocycles. The first-order valence-corrected chi connectivity index (χ1v) is 8.69. The lowest BCUT2D eigenvalue weighted by Gasteiger charge is -2.11. The van der Waals surface area contributed by atoms with Gasteiger partial charge in [0.25, 0.3) is 0 Å². The molecule has 0 aliphatic rings. The minimum Gasteiger partial charge on any atom is -0.333 e. The number of aromatic nitrogens is 4. The number of rotatable bonds is 7. The third-order valence-electron chi connectivity index (χ3n) is 3.98. The molecular formula is C20H25N5. The molecule has 3 aromatic rings. The largest absolute Gasteiger partial charge is 0.333 e. The van der Waals surface area contributed by atoms with Crippen molar-refractivity contribution < 1.29 is 0 Å². The molecule has 0 spiro atoms. The average Bonchev–Trinajstić information content (AvgIpc) is 3.02. The molecule has 0 amide bonds. The van der Waals surface area contributed by atoms with E-state index in [9.17, 15) is 0 Å². The second-order valence-corrected chi connectivity index (χ2v) is 6.82. The van der Waals surface area contributed by atoms with Crippen LogP contribution in [0.2, 0.25) is 0 Å². The summed E-state index contributed by atoms with van der Waals surface area (Å²) < 4.78 is 2.20. The molecule has 0 radical (unpaired) electrons. The molecule has 5 heteroatoms. The van der Waals surface area contributed by atoms with Gasteiger partial charge < -0.3 is 9.88 Å². The predicted octanol–water partition coefficient (Wildman–Crippen LogP) is 3.59. The van der Waals surface area contributed by atoms with Crippen LogP contribution in [0.1, 0.15) is 30.7 Å². The highest BCUT2D eigenvalue weighted by atomic mass is 15.1. The zero-order valence-corrected chi connectivity index (χ0v) is 15.1. The van der Waals surface area contributed by atoms with Crippen molar-refractivity contribution in [3.8, 4) is 11.4 Å². The van der Waals surface area contributed by atoms with Gasteiger partial charge in [-0.15, -0.1) is 0 Å². The van der Waals surface area contributed by atoms with Crippen LogP contribution in [0.5, 0.6) is 0 Å². The molecule has 0 unspecified atom stereocenters. The summed E-state index contributed by atoms with van der Waals surface area (Å²) in [5, 5.41) is 3.45. The first kappa shape index (κ1) is 17.3. The summed E-state index contributed by atoms with van der Waals surface area (Å²) in [5.74, 6) is 1.37. The normalized spacial score (nSPS) is 11.2. The van der Waals surface area contributed by atoms with Crippen LogP contribution in [-0.4, -0.2) is 19.5 Å². The fraction of sp³-hybridized carbons (Fsp3) is 0.350. The predicted molar refractivity (Wildman–Crippen MR) is 99.8 cm³/mol. The molecule has 0 bridgehead atoms. The maximum Gasteiger partial charge on any atom is 0.159 e. The van der Waals surface area contributed by atoms with Crippen LogP contribution in [0.3, 0.4) is 0 Å². The number of benzene rings is 1. The standard InChI is InChI=1S/C20H25N5/c1-15(2)13-25-14-22-12-19(25)11-21-8-17-9-23-20(24-10-17)18-6-4-5-16(3)7-18/h4-7,9-10,12,14-15,21H,8,11,13H2,1-3H3. The van der Waals surface area contributed by atoms with Crippen LogP contribution in [-0.2, 0) is 19.6 Å². The smallest absolute Gasteiger partial charge is 0.159 e. The van der Waals surface area contributed by atoms with Crippen molar-refractivity contribution in [2.45, 2.75) is 40.4 Å². The molecule has 2 aromatic heterocycles. The summed E-state index contributed by atoms with van der Waals surface area (Å²) in [6.07, 6.45) is 7.61. The van der Waals surface area contributed by atoms with Crippen molar-refractivity contribution >= 4 is 0 Å². The lowest BCUT2D eigenvalue weighted by molar-refractivity contribution is 0.500. The summed E-state index contributed by atoms with van der Waals surface area (Å²) in [6, 6.07) is 8.24. The fourth-order valence-corrected chi connectivity index (χ4v) is 2.77. The summed E-state index contributed by atoms with van der Waals surface area (Å²) in [7, 11) is 0. The number of nitrogens with one attached hydrogen (secondary N) is 1. The first-order valence-electron chi connectivity index (χ1n) is 8.69. The number of hydrogen-bond donors (Lipinski definition) is 1. The second-order valence-electron chi connectivity index (χ2n) is 6.82. The summed E-state index contributed by atoms with van der Waals surface area (Å²) in [5.41, 5.74) is 4.54. The fourth-order valence-electron chi connectivity index (χ4n) is 2.77. The highest BCUT2D eigenvalue weighted by molar-refractivity contribution is 5.55. The van der Waals surface area contributed by atoms with Crippen molar-refractivity contribution in [2.24, 2.45) is 5.92 Å². The maximum atomic E-state index is 4.49. The molecule has 3 rings (SSSR count).